The molecule has 0 aliphatic carbocycles. The number of nitrogens with zero attached hydrogens (tertiary/aromatic N) is 1. The lowest BCUT2D eigenvalue weighted by Gasteiger charge is -2.11. The van der Waals surface area contributed by atoms with E-state index in [0.717, 1.165) is 16.9 Å². The van der Waals surface area contributed by atoms with E-state index in [0.29, 0.717) is 6.42 Å². The molecule has 1 aliphatic rings. The Bertz CT molecular complexity index is 848. The summed E-state index contributed by atoms with van der Waals surface area (Å²) in [6.07, 6.45) is 2.05. The highest BCUT2D eigenvalue weighted by atomic mass is 32.2. The molecule has 0 spiro atoms. The van der Waals surface area contributed by atoms with Crippen LogP contribution in [-0.2, 0) is 9.84 Å². The van der Waals surface area contributed by atoms with Crippen molar-refractivity contribution in [2.24, 2.45) is 0 Å². The van der Waals surface area contributed by atoms with E-state index >= 15 is 0 Å². The first kappa shape index (κ1) is 16.4. The van der Waals surface area contributed by atoms with E-state index < -0.39 is 9.84 Å². The highest BCUT2D eigenvalue weighted by Crippen LogP contribution is 2.19. The second-order valence-electron chi connectivity index (χ2n) is 5.95. The summed E-state index contributed by atoms with van der Waals surface area (Å²) in [5.74, 6) is -0.212. The van der Waals surface area contributed by atoms with Crippen molar-refractivity contribution in [2.45, 2.75) is 19.4 Å². The molecule has 1 aromatic heterocycles. The summed E-state index contributed by atoms with van der Waals surface area (Å²) < 4.78 is 22.9. The normalized spacial score (nSPS) is 19.0. The molecule has 7 heteroatoms. The second-order valence-corrected chi connectivity index (χ2v) is 8.17. The fraction of sp³-hybridized carbons (Fsp3) is 0.294. The van der Waals surface area contributed by atoms with Crippen LogP contribution in [0.3, 0.4) is 0 Å². The molecule has 1 unspecified atom stereocenters. The Labute approximate surface area is 141 Å². The number of amides is 1. The Hall–Kier alpha value is -2.41. The Balaban J connectivity index is 1.64. The summed E-state index contributed by atoms with van der Waals surface area (Å²) >= 11 is 0. The first-order valence-electron chi connectivity index (χ1n) is 7.73. The van der Waals surface area contributed by atoms with Gasteiger partial charge in [-0.05, 0) is 37.1 Å². The summed E-state index contributed by atoms with van der Waals surface area (Å²) in [7, 11) is -3.01. The number of carbonyl (C=O) groups is 1. The molecule has 1 saturated heterocycles. The number of aromatic nitrogens is 1. The van der Waals surface area contributed by atoms with Crippen molar-refractivity contribution in [3.05, 3.63) is 53.9 Å². The van der Waals surface area contributed by atoms with Gasteiger partial charge in [0.05, 0.1) is 23.4 Å². The van der Waals surface area contributed by atoms with Crippen molar-refractivity contribution in [3.63, 3.8) is 0 Å². The van der Waals surface area contributed by atoms with E-state index in [1.165, 1.54) is 0 Å². The molecule has 24 heavy (non-hydrogen) atoms. The number of pyridine rings is 1. The van der Waals surface area contributed by atoms with Crippen LogP contribution in [0, 0.1) is 6.92 Å². The lowest BCUT2D eigenvalue weighted by Crippen LogP contribution is -2.36. The van der Waals surface area contributed by atoms with E-state index in [1.807, 2.05) is 31.2 Å². The van der Waals surface area contributed by atoms with Crippen LogP contribution >= 0.6 is 0 Å². The number of benzene rings is 1. The van der Waals surface area contributed by atoms with Crippen LogP contribution in [0.4, 0.5) is 11.4 Å². The molecule has 0 saturated carbocycles. The molecule has 3 rings (SSSR count). The highest BCUT2D eigenvalue weighted by Gasteiger charge is 2.29. The molecule has 2 N–H and O–H groups in total. The maximum absolute atomic E-state index is 12.1. The van der Waals surface area contributed by atoms with Gasteiger partial charge >= 0.3 is 0 Å². The van der Waals surface area contributed by atoms with E-state index in [4.69, 9.17) is 0 Å². The number of hydrogen-bond acceptors (Lipinski definition) is 5. The highest BCUT2D eigenvalue weighted by molar-refractivity contribution is 7.91. The van der Waals surface area contributed by atoms with Crippen LogP contribution in [0.1, 0.15) is 22.5 Å². The Morgan fingerprint density at radius 3 is 2.62 bits per heavy atom. The summed E-state index contributed by atoms with van der Waals surface area (Å²) in [6.45, 7) is 2.01. The number of aryl methyl sites for hydroxylation is 1. The van der Waals surface area contributed by atoms with Crippen molar-refractivity contribution in [1.29, 1.82) is 0 Å². The molecule has 2 heterocycles. The quantitative estimate of drug-likeness (QED) is 0.885. The Morgan fingerprint density at radius 2 is 2.00 bits per heavy atom. The summed E-state index contributed by atoms with van der Waals surface area (Å²) in [5.41, 5.74) is 3.15. The van der Waals surface area contributed by atoms with Crippen molar-refractivity contribution in [1.82, 2.24) is 10.3 Å². The number of sulfone groups is 1. The van der Waals surface area contributed by atoms with Gasteiger partial charge in [0.15, 0.2) is 9.84 Å². The number of carbonyl (C=O) groups excluding carboxylic acids is 1. The lowest BCUT2D eigenvalue weighted by molar-refractivity contribution is 0.0936. The summed E-state index contributed by atoms with van der Waals surface area (Å²) in [6, 6.07) is 11.0. The van der Waals surface area contributed by atoms with Gasteiger partial charge in [0.2, 0.25) is 0 Å². The van der Waals surface area contributed by atoms with E-state index in [9.17, 15) is 13.2 Å². The molecule has 1 amide bonds. The monoisotopic (exact) mass is 345 g/mol. The SMILES string of the molecule is Cc1ccccc1Nc1ccc(C(=O)NC2CCS(=O)(=O)C2)nc1. The predicted octanol–water partition coefficient (Wildman–Crippen LogP) is 2.05. The van der Waals surface area contributed by atoms with Gasteiger partial charge in [0.1, 0.15) is 5.69 Å². The summed E-state index contributed by atoms with van der Waals surface area (Å²) in [5, 5.41) is 5.98. The molecule has 0 bridgehead atoms. The van der Waals surface area contributed by atoms with Crippen molar-refractivity contribution in [3.8, 4) is 0 Å². The standard InChI is InChI=1S/C17H19N3O3S/c1-12-4-2-3-5-15(12)19-13-6-7-16(18-10-13)17(21)20-14-8-9-24(22,23)11-14/h2-7,10,14,19H,8-9,11H2,1H3,(H,20,21). The zero-order valence-corrected chi connectivity index (χ0v) is 14.1. The van der Waals surface area contributed by atoms with Gasteiger partial charge in [-0.25, -0.2) is 13.4 Å². The molecule has 2 aromatic rings. The van der Waals surface area contributed by atoms with Crippen LogP contribution in [0.25, 0.3) is 0 Å². The smallest absolute Gasteiger partial charge is 0.270 e. The molecular weight excluding hydrogens is 326 g/mol. The van der Waals surface area contributed by atoms with Crippen molar-refractivity contribution >= 4 is 27.1 Å². The first-order chi connectivity index (χ1) is 11.4. The largest absolute Gasteiger partial charge is 0.354 e. The van der Waals surface area contributed by atoms with Gasteiger partial charge < -0.3 is 10.6 Å². The van der Waals surface area contributed by atoms with Gasteiger partial charge in [0, 0.05) is 11.7 Å². The molecule has 1 aromatic carbocycles. The molecule has 126 valence electrons. The lowest BCUT2D eigenvalue weighted by atomic mass is 10.2. The fourth-order valence-electron chi connectivity index (χ4n) is 2.64. The van der Waals surface area contributed by atoms with Crippen molar-refractivity contribution < 1.29 is 13.2 Å². The van der Waals surface area contributed by atoms with Gasteiger partial charge in [-0.1, -0.05) is 18.2 Å². The number of rotatable bonds is 4. The topological polar surface area (TPSA) is 88.2 Å². The minimum atomic E-state index is -3.01. The number of anilines is 2. The van der Waals surface area contributed by atoms with Crippen LogP contribution in [0.5, 0.6) is 0 Å². The third kappa shape index (κ3) is 3.91. The van der Waals surface area contributed by atoms with Gasteiger partial charge in [-0.2, -0.15) is 0 Å². The Kier molecular flexibility index (Phi) is 4.53. The van der Waals surface area contributed by atoms with Crippen LogP contribution < -0.4 is 10.6 Å². The van der Waals surface area contributed by atoms with E-state index in [1.54, 1.807) is 18.3 Å². The first-order valence-corrected chi connectivity index (χ1v) is 9.55. The average molecular weight is 345 g/mol. The minimum Gasteiger partial charge on any atom is -0.354 e. The van der Waals surface area contributed by atoms with Crippen LogP contribution in [0.15, 0.2) is 42.6 Å². The molecular formula is C17H19N3O3S. The maximum Gasteiger partial charge on any atom is 0.270 e. The third-order valence-electron chi connectivity index (χ3n) is 3.99. The number of hydrogen-bond donors (Lipinski definition) is 2. The minimum absolute atomic E-state index is 0.00562. The molecule has 1 aliphatic heterocycles. The van der Waals surface area contributed by atoms with Crippen molar-refractivity contribution in [2.75, 3.05) is 16.8 Å². The molecule has 1 fully saturated rings. The average Bonchev–Trinajstić information content (AvgIpc) is 2.89. The zero-order chi connectivity index (χ0) is 17.2. The zero-order valence-electron chi connectivity index (χ0n) is 13.3. The fourth-order valence-corrected chi connectivity index (χ4v) is 4.31. The predicted molar refractivity (Wildman–Crippen MR) is 93.2 cm³/mol. The molecule has 6 nitrogen and oxygen atoms in total. The van der Waals surface area contributed by atoms with Gasteiger partial charge in [0.25, 0.3) is 5.91 Å². The maximum atomic E-state index is 12.1. The third-order valence-corrected chi connectivity index (χ3v) is 5.76. The second kappa shape index (κ2) is 6.60. The molecule has 0 radical (unpaired) electrons. The van der Waals surface area contributed by atoms with Crippen LogP contribution in [0.2, 0.25) is 0 Å². The molecule has 1 atom stereocenters. The number of para-hydroxylation sites is 1. The number of nitrogens with one attached hydrogen (secondary N) is 2. The van der Waals surface area contributed by atoms with E-state index in [2.05, 4.69) is 15.6 Å². The van der Waals surface area contributed by atoms with Gasteiger partial charge in [-0.3, -0.25) is 4.79 Å². The van der Waals surface area contributed by atoms with Gasteiger partial charge in [-0.15, -0.1) is 0 Å². The van der Waals surface area contributed by atoms with Crippen LogP contribution in [-0.4, -0.2) is 36.9 Å². The Morgan fingerprint density at radius 1 is 1.21 bits per heavy atom. The van der Waals surface area contributed by atoms with E-state index in [-0.39, 0.29) is 29.1 Å². The summed E-state index contributed by atoms with van der Waals surface area (Å²) in [4.78, 5) is 16.3.